The summed E-state index contributed by atoms with van der Waals surface area (Å²) in [7, 11) is 1.33. The lowest BCUT2D eigenvalue weighted by Crippen LogP contribution is -2.42. The van der Waals surface area contributed by atoms with E-state index in [0.29, 0.717) is 18.4 Å². The van der Waals surface area contributed by atoms with Crippen LogP contribution in [0.15, 0.2) is 78.9 Å². The quantitative estimate of drug-likeness (QED) is 0.389. The number of nitrogens with zero attached hydrogens (tertiary/aromatic N) is 1. The average molecular weight is 398 g/mol. The van der Waals surface area contributed by atoms with Crippen molar-refractivity contribution in [2.45, 2.75) is 18.9 Å². The number of aryl methyl sites for hydroxylation is 1. The van der Waals surface area contributed by atoms with E-state index >= 15 is 0 Å². The van der Waals surface area contributed by atoms with Gasteiger partial charge in [-0.15, -0.1) is 0 Å². The summed E-state index contributed by atoms with van der Waals surface area (Å²) in [4.78, 5) is 30.4. The maximum absolute atomic E-state index is 13.4. The van der Waals surface area contributed by atoms with E-state index in [1.54, 1.807) is 0 Å². The van der Waals surface area contributed by atoms with Crippen molar-refractivity contribution in [3.63, 3.8) is 0 Å². The molecule has 4 aromatic rings. The van der Waals surface area contributed by atoms with Crippen LogP contribution in [0.4, 0.5) is 0 Å². The summed E-state index contributed by atoms with van der Waals surface area (Å²) in [5, 5.41) is 4.40. The SMILES string of the molecule is COC(=O)[C@@H](CCc1ccccc1)NC(=O)c1c2ccccc2nc2ccccc12. The van der Waals surface area contributed by atoms with Crippen molar-refractivity contribution in [3.05, 3.63) is 90.0 Å². The van der Waals surface area contributed by atoms with E-state index in [-0.39, 0.29) is 5.91 Å². The molecule has 1 N–H and O–H groups in total. The highest BCUT2D eigenvalue weighted by Crippen LogP contribution is 2.26. The molecule has 0 saturated carbocycles. The molecule has 4 rings (SSSR count). The molecule has 3 aromatic carbocycles. The molecule has 1 amide bonds. The maximum atomic E-state index is 13.4. The number of benzene rings is 3. The number of carbonyl (C=O) groups is 2. The highest BCUT2D eigenvalue weighted by atomic mass is 16.5. The molecule has 0 aliphatic carbocycles. The van der Waals surface area contributed by atoms with Gasteiger partial charge in [-0.1, -0.05) is 66.7 Å². The third-order valence-corrected chi connectivity index (χ3v) is 5.17. The number of para-hydroxylation sites is 2. The zero-order valence-corrected chi connectivity index (χ0v) is 16.7. The van der Waals surface area contributed by atoms with Gasteiger partial charge in [0.15, 0.2) is 0 Å². The van der Waals surface area contributed by atoms with Crippen molar-refractivity contribution in [2.24, 2.45) is 0 Å². The summed E-state index contributed by atoms with van der Waals surface area (Å²) in [6.07, 6.45) is 1.10. The van der Waals surface area contributed by atoms with E-state index in [2.05, 4.69) is 10.3 Å². The standard InChI is InChI=1S/C25H22N2O3/c1-30-25(29)22(16-15-17-9-3-2-4-10-17)27-24(28)23-18-11-5-7-13-20(18)26-21-14-8-6-12-19(21)23/h2-14,22H,15-16H2,1H3,(H,27,28)/t22-/m1/s1. The molecule has 30 heavy (non-hydrogen) atoms. The van der Waals surface area contributed by atoms with E-state index in [4.69, 9.17) is 4.74 Å². The molecule has 0 aliphatic heterocycles. The highest BCUT2D eigenvalue weighted by Gasteiger charge is 2.24. The van der Waals surface area contributed by atoms with E-state index in [9.17, 15) is 9.59 Å². The van der Waals surface area contributed by atoms with Crippen LogP contribution in [0, 0.1) is 0 Å². The number of pyridine rings is 1. The van der Waals surface area contributed by atoms with Crippen LogP contribution in [0.2, 0.25) is 0 Å². The maximum Gasteiger partial charge on any atom is 0.328 e. The Morgan fingerprint density at radius 1 is 0.867 bits per heavy atom. The number of ether oxygens (including phenoxy) is 1. The molecule has 0 aliphatic rings. The third kappa shape index (κ3) is 4.01. The van der Waals surface area contributed by atoms with Crippen molar-refractivity contribution >= 4 is 33.7 Å². The zero-order chi connectivity index (χ0) is 20.9. The van der Waals surface area contributed by atoms with Crippen LogP contribution in [-0.4, -0.2) is 30.0 Å². The van der Waals surface area contributed by atoms with E-state index in [1.165, 1.54) is 7.11 Å². The zero-order valence-electron chi connectivity index (χ0n) is 16.7. The molecule has 0 saturated heterocycles. The first-order chi connectivity index (χ1) is 14.7. The predicted octanol–water partition coefficient (Wildman–Crippen LogP) is 4.29. The normalized spacial score (nSPS) is 11.9. The van der Waals surface area contributed by atoms with Crippen LogP contribution in [0.25, 0.3) is 21.8 Å². The van der Waals surface area contributed by atoms with Crippen LogP contribution >= 0.6 is 0 Å². The Morgan fingerprint density at radius 2 is 1.43 bits per heavy atom. The first kappa shape index (κ1) is 19.6. The Balaban J connectivity index is 1.68. The smallest absolute Gasteiger partial charge is 0.328 e. The number of rotatable bonds is 6. The van der Waals surface area contributed by atoms with Gasteiger partial charge in [-0.25, -0.2) is 9.78 Å². The molecule has 0 spiro atoms. The summed E-state index contributed by atoms with van der Waals surface area (Å²) in [6.45, 7) is 0. The number of hydrogen-bond donors (Lipinski definition) is 1. The van der Waals surface area contributed by atoms with Gasteiger partial charge in [0.05, 0.1) is 23.7 Å². The summed E-state index contributed by atoms with van der Waals surface area (Å²) < 4.78 is 4.95. The highest BCUT2D eigenvalue weighted by molar-refractivity contribution is 6.16. The number of carbonyl (C=O) groups excluding carboxylic acids is 2. The van der Waals surface area contributed by atoms with Gasteiger partial charge >= 0.3 is 5.97 Å². The molecule has 0 fully saturated rings. The van der Waals surface area contributed by atoms with E-state index in [1.807, 2.05) is 78.9 Å². The van der Waals surface area contributed by atoms with Crippen LogP contribution < -0.4 is 5.32 Å². The van der Waals surface area contributed by atoms with E-state index in [0.717, 1.165) is 27.4 Å². The number of methoxy groups -OCH3 is 1. The molecular formula is C25H22N2O3. The molecule has 1 aromatic heterocycles. The van der Waals surface area contributed by atoms with Crippen molar-refractivity contribution in [2.75, 3.05) is 7.11 Å². The Hall–Kier alpha value is -3.73. The third-order valence-electron chi connectivity index (χ3n) is 5.17. The topological polar surface area (TPSA) is 68.3 Å². The second-order valence-corrected chi connectivity index (χ2v) is 7.09. The van der Waals surface area contributed by atoms with Gasteiger partial charge in [0.2, 0.25) is 0 Å². The van der Waals surface area contributed by atoms with E-state index < -0.39 is 12.0 Å². The van der Waals surface area contributed by atoms with Crippen molar-refractivity contribution < 1.29 is 14.3 Å². The fourth-order valence-electron chi connectivity index (χ4n) is 3.66. The first-order valence-corrected chi connectivity index (χ1v) is 9.87. The monoisotopic (exact) mass is 398 g/mol. The van der Waals surface area contributed by atoms with Crippen molar-refractivity contribution in [3.8, 4) is 0 Å². The second kappa shape index (κ2) is 8.74. The Morgan fingerprint density at radius 3 is 2.03 bits per heavy atom. The van der Waals surface area contributed by atoms with Crippen molar-refractivity contribution in [1.29, 1.82) is 0 Å². The second-order valence-electron chi connectivity index (χ2n) is 7.09. The number of esters is 1. The molecule has 0 radical (unpaired) electrons. The fraction of sp³-hybridized carbons (Fsp3) is 0.160. The first-order valence-electron chi connectivity index (χ1n) is 9.87. The number of nitrogens with one attached hydrogen (secondary N) is 1. The van der Waals surface area contributed by atoms with Crippen molar-refractivity contribution in [1.82, 2.24) is 10.3 Å². The Kier molecular flexibility index (Phi) is 5.70. The van der Waals surface area contributed by atoms with Gasteiger partial charge in [-0.3, -0.25) is 4.79 Å². The van der Waals surface area contributed by atoms with Gasteiger partial charge in [-0.2, -0.15) is 0 Å². The summed E-state index contributed by atoms with van der Waals surface area (Å²) >= 11 is 0. The summed E-state index contributed by atoms with van der Waals surface area (Å²) in [6, 6.07) is 24.2. The molecule has 150 valence electrons. The predicted molar refractivity (Wildman–Crippen MR) is 117 cm³/mol. The molecule has 1 heterocycles. The number of amides is 1. The lowest BCUT2D eigenvalue weighted by Gasteiger charge is -2.18. The van der Waals surface area contributed by atoms with Crippen LogP contribution in [-0.2, 0) is 16.0 Å². The van der Waals surface area contributed by atoms with Gasteiger partial charge in [-0.05, 0) is 30.5 Å². The summed E-state index contributed by atoms with van der Waals surface area (Å²) in [5.74, 6) is -0.768. The van der Waals surface area contributed by atoms with Gasteiger partial charge in [0.25, 0.3) is 5.91 Å². The van der Waals surface area contributed by atoms with Crippen LogP contribution in [0.1, 0.15) is 22.3 Å². The Labute approximate surface area is 174 Å². The van der Waals surface area contributed by atoms with Gasteiger partial charge in [0.1, 0.15) is 6.04 Å². The lowest BCUT2D eigenvalue weighted by molar-refractivity contribution is -0.143. The van der Waals surface area contributed by atoms with Gasteiger partial charge < -0.3 is 10.1 Å². The minimum Gasteiger partial charge on any atom is -0.467 e. The number of hydrogen-bond acceptors (Lipinski definition) is 4. The molecule has 0 unspecified atom stereocenters. The van der Waals surface area contributed by atoms with Crippen LogP contribution in [0.5, 0.6) is 0 Å². The molecule has 5 heteroatoms. The molecule has 0 bridgehead atoms. The molecular weight excluding hydrogens is 376 g/mol. The number of fused-ring (bicyclic) bond motifs is 2. The van der Waals surface area contributed by atoms with Crippen LogP contribution in [0.3, 0.4) is 0 Å². The average Bonchev–Trinajstić information content (AvgIpc) is 2.80. The minimum atomic E-state index is -0.742. The Bertz CT molecular complexity index is 1150. The molecule has 5 nitrogen and oxygen atoms in total. The van der Waals surface area contributed by atoms with Gasteiger partial charge in [0, 0.05) is 10.8 Å². The molecule has 1 atom stereocenters. The fourth-order valence-corrected chi connectivity index (χ4v) is 3.66. The largest absolute Gasteiger partial charge is 0.467 e. The summed E-state index contributed by atoms with van der Waals surface area (Å²) in [5.41, 5.74) is 3.09. The minimum absolute atomic E-state index is 0.312. The number of aromatic nitrogens is 1. The lowest BCUT2D eigenvalue weighted by atomic mass is 10.0.